The quantitative estimate of drug-likeness (QED) is 0.907. The monoisotopic (exact) mass is 293 g/mol. The van der Waals surface area contributed by atoms with E-state index in [2.05, 4.69) is 0 Å². The van der Waals surface area contributed by atoms with Crippen LogP contribution >= 0.6 is 11.6 Å². The molecule has 1 aromatic carbocycles. The highest BCUT2D eigenvalue weighted by Crippen LogP contribution is 2.48. The number of aliphatic hydroxyl groups is 1. The molecule has 0 heterocycles. The van der Waals surface area contributed by atoms with Gasteiger partial charge in [0, 0.05) is 24.5 Å². The molecule has 0 bridgehead atoms. The molecule has 0 aromatic heterocycles. The average Bonchev–Trinajstić information content (AvgIpc) is 3.29. The van der Waals surface area contributed by atoms with E-state index in [1.54, 1.807) is 11.9 Å². The van der Waals surface area contributed by atoms with Crippen molar-refractivity contribution in [1.29, 1.82) is 0 Å². The molecule has 1 amide bonds. The Morgan fingerprint density at radius 3 is 2.90 bits per heavy atom. The summed E-state index contributed by atoms with van der Waals surface area (Å²) in [5.74, 6) is 0.912. The molecule has 0 spiro atoms. The highest BCUT2D eigenvalue weighted by molar-refractivity contribution is 6.30. The minimum absolute atomic E-state index is 0.0601. The van der Waals surface area contributed by atoms with E-state index in [0.29, 0.717) is 18.4 Å². The summed E-state index contributed by atoms with van der Waals surface area (Å²) in [5, 5.41) is 10.6. The minimum Gasteiger partial charge on any atom is -0.391 e. The van der Waals surface area contributed by atoms with Crippen molar-refractivity contribution in [2.75, 3.05) is 13.6 Å². The molecule has 4 heteroatoms. The summed E-state index contributed by atoms with van der Waals surface area (Å²) < 4.78 is 0. The number of benzene rings is 1. The van der Waals surface area contributed by atoms with E-state index in [0.717, 1.165) is 29.8 Å². The Hall–Kier alpha value is -1.06. The van der Waals surface area contributed by atoms with Crippen molar-refractivity contribution >= 4 is 17.5 Å². The second kappa shape index (κ2) is 5.38. The van der Waals surface area contributed by atoms with Gasteiger partial charge in [0.05, 0.1) is 6.10 Å². The third-order valence-electron chi connectivity index (χ3n) is 4.39. The molecule has 3 atom stereocenters. The average molecular weight is 294 g/mol. The molecule has 2 fully saturated rings. The van der Waals surface area contributed by atoms with Gasteiger partial charge >= 0.3 is 0 Å². The van der Waals surface area contributed by atoms with Crippen molar-refractivity contribution < 1.29 is 9.90 Å². The Labute approximate surface area is 124 Å². The zero-order chi connectivity index (χ0) is 14.3. The highest BCUT2D eigenvalue weighted by atomic mass is 35.5. The second-order valence-corrected chi connectivity index (χ2v) is 6.56. The van der Waals surface area contributed by atoms with Crippen LogP contribution in [0.4, 0.5) is 0 Å². The number of hydrogen-bond acceptors (Lipinski definition) is 2. The second-order valence-electron chi connectivity index (χ2n) is 6.13. The van der Waals surface area contributed by atoms with Crippen molar-refractivity contribution in [3.63, 3.8) is 0 Å². The largest absolute Gasteiger partial charge is 0.391 e. The normalized spacial score (nSPS) is 26.1. The topological polar surface area (TPSA) is 40.5 Å². The van der Waals surface area contributed by atoms with Crippen LogP contribution < -0.4 is 0 Å². The van der Waals surface area contributed by atoms with Crippen LogP contribution in [0.5, 0.6) is 0 Å². The Bertz CT molecular complexity index is 515. The zero-order valence-corrected chi connectivity index (χ0v) is 12.4. The number of aliphatic hydroxyl groups excluding tert-OH is 1. The van der Waals surface area contributed by atoms with Crippen LogP contribution in [0.25, 0.3) is 0 Å². The third kappa shape index (κ3) is 2.99. The SMILES string of the molecule is CN(CC(O)C1CC1)C(=O)C1CC1c1cccc(Cl)c1. The Balaban J connectivity index is 1.56. The maximum absolute atomic E-state index is 12.3. The number of hydrogen-bond donors (Lipinski definition) is 1. The number of likely N-dealkylation sites (N-methyl/N-ethyl adjacent to an activating group) is 1. The van der Waals surface area contributed by atoms with Crippen LogP contribution in [0.2, 0.25) is 5.02 Å². The number of amides is 1. The fourth-order valence-corrected chi connectivity index (χ4v) is 3.06. The first-order chi connectivity index (χ1) is 9.56. The van der Waals surface area contributed by atoms with Gasteiger partial charge in [0.1, 0.15) is 0 Å². The maximum atomic E-state index is 12.3. The van der Waals surface area contributed by atoms with E-state index in [1.807, 2.05) is 24.3 Å². The Morgan fingerprint density at radius 2 is 2.25 bits per heavy atom. The van der Waals surface area contributed by atoms with Crippen LogP contribution in [-0.2, 0) is 4.79 Å². The molecule has 3 unspecified atom stereocenters. The smallest absolute Gasteiger partial charge is 0.226 e. The van der Waals surface area contributed by atoms with Gasteiger partial charge in [0.25, 0.3) is 0 Å². The van der Waals surface area contributed by atoms with Crippen LogP contribution in [-0.4, -0.2) is 35.6 Å². The highest BCUT2D eigenvalue weighted by Gasteiger charge is 2.45. The first-order valence-corrected chi connectivity index (χ1v) is 7.62. The molecule has 2 saturated carbocycles. The van der Waals surface area contributed by atoms with Crippen LogP contribution in [0.1, 0.15) is 30.7 Å². The Kier molecular flexibility index (Phi) is 3.74. The summed E-state index contributed by atoms with van der Waals surface area (Å²) in [4.78, 5) is 14.0. The number of halogens is 1. The lowest BCUT2D eigenvalue weighted by molar-refractivity contribution is -0.132. The fraction of sp³-hybridized carbons (Fsp3) is 0.562. The molecule has 1 N–H and O–H groups in total. The predicted octanol–water partition coefficient (Wildman–Crippen LogP) is 2.67. The van der Waals surface area contributed by atoms with Gasteiger partial charge in [-0.2, -0.15) is 0 Å². The lowest BCUT2D eigenvalue weighted by atomic mass is 10.1. The first kappa shape index (κ1) is 13.9. The van der Waals surface area contributed by atoms with Crippen LogP contribution in [0, 0.1) is 11.8 Å². The fourth-order valence-electron chi connectivity index (χ4n) is 2.86. The lowest BCUT2D eigenvalue weighted by Crippen LogP contribution is -2.36. The van der Waals surface area contributed by atoms with Gasteiger partial charge in [0.2, 0.25) is 5.91 Å². The number of nitrogens with zero attached hydrogens (tertiary/aromatic N) is 1. The molecular formula is C16H20ClNO2. The van der Waals surface area contributed by atoms with E-state index in [4.69, 9.17) is 11.6 Å². The van der Waals surface area contributed by atoms with E-state index in [-0.39, 0.29) is 17.9 Å². The summed E-state index contributed by atoms with van der Waals surface area (Å²) in [6.07, 6.45) is 2.73. The molecule has 1 aromatic rings. The van der Waals surface area contributed by atoms with Gasteiger partial charge in [-0.15, -0.1) is 0 Å². The van der Waals surface area contributed by atoms with Crippen molar-refractivity contribution in [3.8, 4) is 0 Å². The van der Waals surface area contributed by atoms with Crippen molar-refractivity contribution in [3.05, 3.63) is 34.9 Å². The van der Waals surface area contributed by atoms with Gasteiger partial charge in [0.15, 0.2) is 0 Å². The van der Waals surface area contributed by atoms with Crippen molar-refractivity contribution in [2.45, 2.75) is 31.3 Å². The molecule has 20 heavy (non-hydrogen) atoms. The summed E-state index contributed by atoms with van der Waals surface area (Å²) in [5.41, 5.74) is 1.15. The van der Waals surface area contributed by atoms with E-state index in [9.17, 15) is 9.90 Å². The number of carbonyl (C=O) groups is 1. The maximum Gasteiger partial charge on any atom is 0.226 e. The third-order valence-corrected chi connectivity index (χ3v) is 4.62. The van der Waals surface area contributed by atoms with Gasteiger partial charge in [-0.1, -0.05) is 23.7 Å². The van der Waals surface area contributed by atoms with E-state index < -0.39 is 0 Å². The summed E-state index contributed by atoms with van der Waals surface area (Å²) in [6, 6.07) is 7.75. The molecule has 108 valence electrons. The molecule has 2 aliphatic carbocycles. The van der Waals surface area contributed by atoms with E-state index in [1.165, 1.54) is 0 Å². The number of carbonyl (C=O) groups excluding carboxylic acids is 1. The van der Waals surface area contributed by atoms with Crippen LogP contribution in [0.15, 0.2) is 24.3 Å². The van der Waals surface area contributed by atoms with Gasteiger partial charge in [-0.3, -0.25) is 4.79 Å². The van der Waals surface area contributed by atoms with Crippen molar-refractivity contribution in [1.82, 2.24) is 4.90 Å². The van der Waals surface area contributed by atoms with Gasteiger partial charge in [-0.25, -0.2) is 0 Å². The molecule has 2 aliphatic rings. The standard InChI is InChI=1S/C16H20ClNO2/c1-18(9-15(19)10-5-6-10)16(20)14-8-13(14)11-3-2-4-12(17)7-11/h2-4,7,10,13-15,19H,5-6,8-9H2,1H3. The van der Waals surface area contributed by atoms with E-state index >= 15 is 0 Å². The van der Waals surface area contributed by atoms with Gasteiger partial charge < -0.3 is 10.0 Å². The first-order valence-electron chi connectivity index (χ1n) is 7.24. The summed E-state index contributed by atoms with van der Waals surface area (Å²) >= 11 is 5.99. The molecule has 3 nitrogen and oxygen atoms in total. The molecule has 0 aliphatic heterocycles. The van der Waals surface area contributed by atoms with Crippen molar-refractivity contribution in [2.24, 2.45) is 11.8 Å². The summed E-state index contributed by atoms with van der Waals surface area (Å²) in [7, 11) is 1.79. The molecule has 0 saturated heterocycles. The zero-order valence-electron chi connectivity index (χ0n) is 11.6. The predicted molar refractivity (Wildman–Crippen MR) is 78.7 cm³/mol. The Morgan fingerprint density at radius 1 is 1.50 bits per heavy atom. The van der Waals surface area contributed by atoms with Crippen LogP contribution in [0.3, 0.4) is 0 Å². The van der Waals surface area contributed by atoms with Gasteiger partial charge in [-0.05, 0) is 48.8 Å². The molecular weight excluding hydrogens is 274 g/mol. The number of rotatable bonds is 5. The molecule has 0 radical (unpaired) electrons. The lowest BCUT2D eigenvalue weighted by Gasteiger charge is -2.21. The molecule has 3 rings (SSSR count). The minimum atomic E-state index is -0.354. The summed E-state index contributed by atoms with van der Waals surface area (Å²) in [6.45, 7) is 0.461.